The zero-order valence-corrected chi connectivity index (χ0v) is 15.0. The maximum atomic E-state index is 12.5. The third-order valence-corrected chi connectivity index (χ3v) is 5.77. The Labute approximate surface area is 151 Å². The van der Waals surface area contributed by atoms with Crippen molar-refractivity contribution < 1.29 is 9.32 Å². The smallest absolute Gasteiger partial charge is 0.232 e. The predicted molar refractivity (Wildman–Crippen MR) is 94.2 cm³/mol. The lowest BCUT2D eigenvalue weighted by atomic mass is 9.95. The summed E-state index contributed by atoms with van der Waals surface area (Å²) in [5, 5.41) is 4.09. The Kier molecular flexibility index (Phi) is 5.01. The highest BCUT2D eigenvalue weighted by molar-refractivity contribution is 8.00. The van der Waals surface area contributed by atoms with Crippen molar-refractivity contribution in [3.8, 4) is 0 Å². The monoisotopic (exact) mass is 358 g/mol. The number of carbonyl (C=O) groups is 1. The molecule has 0 spiro atoms. The number of thioether (sulfide) groups is 1. The number of rotatable bonds is 6. The SMILES string of the molecule is O=C(CSc1ccncc1)N1CCC[C@@H](Cc2nc(C3CC3)no2)C1. The Morgan fingerprint density at radius 2 is 2.12 bits per heavy atom. The summed E-state index contributed by atoms with van der Waals surface area (Å²) in [6, 6.07) is 3.87. The highest BCUT2D eigenvalue weighted by atomic mass is 32.2. The number of piperidine rings is 1. The molecule has 7 heteroatoms. The molecule has 2 aromatic rings. The van der Waals surface area contributed by atoms with E-state index in [2.05, 4.69) is 15.1 Å². The van der Waals surface area contributed by atoms with E-state index in [9.17, 15) is 4.79 Å². The number of carbonyl (C=O) groups excluding carboxylic acids is 1. The van der Waals surface area contributed by atoms with E-state index in [-0.39, 0.29) is 5.91 Å². The first kappa shape index (κ1) is 16.6. The number of hydrogen-bond acceptors (Lipinski definition) is 6. The zero-order chi connectivity index (χ0) is 17.1. The minimum absolute atomic E-state index is 0.204. The molecule has 1 atom stereocenters. The van der Waals surface area contributed by atoms with Crippen molar-refractivity contribution >= 4 is 17.7 Å². The first-order chi connectivity index (χ1) is 12.3. The topological polar surface area (TPSA) is 72.1 Å². The number of hydrogen-bond donors (Lipinski definition) is 0. The van der Waals surface area contributed by atoms with Gasteiger partial charge in [0.25, 0.3) is 0 Å². The van der Waals surface area contributed by atoms with Crippen molar-refractivity contribution in [3.05, 3.63) is 36.2 Å². The van der Waals surface area contributed by atoms with Crippen LogP contribution in [0.3, 0.4) is 0 Å². The summed E-state index contributed by atoms with van der Waals surface area (Å²) < 4.78 is 5.40. The normalized spacial score (nSPS) is 20.6. The van der Waals surface area contributed by atoms with Gasteiger partial charge in [0.1, 0.15) is 0 Å². The van der Waals surface area contributed by atoms with Crippen LogP contribution in [0.15, 0.2) is 33.9 Å². The zero-order valence-electron chi connectivity index (χ0n) is 14.1. The van der Waals surface area contributed by atoms with E-state index in [1.54, 1.807) is 24.2 Å². The molecule has 1 aliphatic heterocycles. The van der Waals surface area contributed by atoms with E-state index >= 15 is 0 Å². The second-order valence-corrected chi connectivity index (χ2v) is 7.89. The van der Waals surface area contributed by atoms with Crippen LogP contribution in [0.5, 0.6) is 0 Å². The summed E-state index contributed by atoms with van der Waals surface area (Å²) >= 11 is 1.57. The van der Waals surface area contributed by atoms with Gasteiger partial charge in [-0.3, -0.25) is 9.78 Å². The minimum atomic E-state index is 0.204. The van der Waals surface area contributed by atoms with Crippen LogP contribution in [-0.4, -0.2) is 44.8 Å². The molecule has 2 aliphatic rings. The molecule has 0 unspecified atom stereocenters. The third kappa shape index (κ3) is 4.39. The van der Waals surface area contributed by atoms with Crippen molar-refractivity contribution in [2.24, 2.45) is 5.92 Å². The first-order valence-electron chi connectivity index (χ1n) is 8.91. The van der Waals surface area contributed by atoms with Gasteiger partial charge in [-0.05, 0) is 43.7 Å². The van der Waals surface area contributed by atoms with Crippen molar-refractivity contribution in [1.82, 2.24) is 20.0 Å². The van der Waals surface area contributed by atoms with E-state index in [4.69, 9.17) is 4.52 Å². The fraction of sp³-hybridized carbons (Fsp3) is 0.556. The van der Waals surface area contributed by atoms with Gasteiger partial charge in [0, 0.05) is 42.7 Å². The molecule has 0 bridgehead atoms. The standard InChI is InChI=1S/C18H22N4O2S/c23-17(12-25-15-5-7-19-8-6-15)22-9-1-2-13(11-22)10-16-20-18(21-24-16)14-3-4-14/h5-8,13-14H,1-4,9-12H2/t13-/m0/s1. The van der Waals surface area contributed by atoms with Crippen LogP contribution in [-0.2, 0) is 11.2 Å². The van der Waals surface area contributed by atoms with Gasteiger partial charge in [-0.15, -0.1) is 11.8 Å². The van der Waals surface area contributed by atoms with Crippen LogP contribution in [0.2, 0.25) is 0 Å². The van der Waals surface area contributed by atoms with E-state index in [0.29, 0.717) is 17.6 Å². The van der Waals surface area contributed by atoms with Crippen molar-refractivity contribution in [2.45, 2.75) is 42.9 Å². The lowest BCUT2D eigenvalue weighted by Gasteiger charge is -2.32. The molecule has 6 nitrogen and oxygen atoms in total. The number of likely N-dealkylation sites (tertiary alicyclic amines) is 1. The van der Waals surface area contributed by atoms with Crippen molar-refractivity contribution in [1.29, 1.82) is 0 Å². The number of nitrogens with zero attached hydrogens (tertiary/aromatic N) is 4. The summed E-state index contributed by atoms with van der Waals surface area (Å²) in [6.45, 7) is 1.64. The molecular formula is C18H22N4O2S. The molecule has 25 heavy (non-hydrogen) atoms. The van der Waals surface area contributed by atoms with Gasteiger partial charge in [-0.2, -0.15) is 4.98 Å². The highest BCUT2D eigenvalue weighted by Crippen LogP contribution is 2.38. The quantitative estimate of drug-likeness (QED) is 0.740. The van der Waals surface area contributed by atoms with Crippen molar-refractivity contribution in [3.63, 3.8) is 0 Å². The van der Waals surface area contributed by atoms with Gasteiger partial charge in [0.05, 0.1) is 5.75 Å². The lowest BCUT2D eigenvalue weighted by molar-refractivity contribution is -0.130. The van der Waals surface area contributed by atoms with Gasteiger partial charge in [-0.25, -0.2) is 0 Å². The molecule has 4 rings (SSSR count). The summed E-state index contributed by atoms with van der Waals surface area (Å²) in [4.78, 5) is 24.1. The average molecular weight is 358 g/mol. The molecular weight excluding hydrogens is 336 g/mol. The summed E-state index contributed by atoms with van der Waals surface area (Å²) in [7, 11) is 0. The Hall–Kier alpha value is -1.89. The van der Waals surface area contributed by atoms with Crippen LogP contribution in [0.1, 0.15) is 43.3 Å². The lowest BCUT2D eigenvalue weighted by Crippen LogP contribution is -2.41. The molecule has 1 amide bonds. The van der Waals surface area contributed by atoms with E-state index in [0.717, 1.165) is 49.0 Å². The number of pyridine rings is 1. The Balaban J connectivity index is 1.28. The second-order valence-electron chi connectivity index (χ2n) is 6.84. The molecule has 2 fully saturated rings. The molecule has 0 aromatic carbocycles. The fourth-order valence-electron chi connectivity index (χ4n) is 3.23. The largest absolute Gasteiger partial charge is 0.342 e. The Morgan fingerprint density at radius 1 is 1.28 bits per heavy atom. The Bertz CT molecular complexity index is 717. The van der Waals surface area contributed by atoms with Gasteiger partial charge in [-0.1, -0.05) is 5.16 Å². The average Bonchev–Trinajstić information content (AvgIpc) is 3.40. The third-order valence-electron chi connectivity index (χ3n) is 4.77. The number of aromatic nitrogens is 3. The van der Waals surface area contributed by atoms with E-state index in [1.807, 2.05) is 17.0 Å². The predicted octanol–water partition coefficient (Wildman–Crippen LogP) is 2.92. The van der Waals surface area contributed by atoms with E-state index < -0.39 is 0 Å². The number of amides is 1. The maximum Gasteiger partial charge on any atom is 0.232 e. The van der Waals surface area contributed by atoms with Gasteiger partial charge >= 0.3 is 0 Å². The Morgan fingerprint density at radius 3 is 2.92 bits per heavy atom. The second kappa shape index (κ2) is 7.56. The van der Waals surface area contributed by atoms with Crippen LogP contribution in [0.4, 0.5) is 0 Å². The van der Waals surface area contributed by atoms with Crippen LogP contribution < -0.4 is 0 Å². The summed E-state index contributed by atoms with van der Waals surface area (Å²) in [5.41, 5.74) is 0. The molecule has 0 N–H and O–H groups in total. The van der Waals surface area contributed by atoms with Crippen LogP contribution in [0, 0.1) is 5.92 Å². The highest BCUT2D eigenvalue weighted by Gasteiger charge is 2.30. The van der Waals surface area contributed by atoms with Gasteiger partial charge < -0.3 is 9.42 Å². The summed E-state index contributed by atoms with van der Waals surface area (Å²) in [5.74, 6) is 3.21. The van der Waals surface area contributed by atoms with E-state index in [1.165, 1.54) is 12.8 Å². The minimum Gasteiger partial charge on any atom is -0.342 e. The molecule has 1 saturated carbocycles. The molecule has 0 radical (unpaired) electrons. The molecule has 1 aliphatic carbocycles. The molecule has 2 aromatic heterocycles. The molecule has 1 saturated heterocycles. The molecule has 3 heterocycles. The summed E-state index contributed by atoms with van der Waals surface area (Å²) in [6.07, 6.45) is 8.80. The molecule has 132 valence electrons. The van der Waals surface area contributed by atoms with Crippen LogP contribution >= 0.6 is 11.8 Å². The fourth-order valence-corrected chi connectivity index (χ4v) is 4.02. The maximum absolute atomic E-state index is 12.5. The van der Waals surface area contributed by atoms with Gasteiger partial charge in [0.15, 0.2) is 5.82 Å². The van der Waals surface area contributed by atoms with Crippen LogP contribution in [0.25, 0.3) is 0 Å². The van der Waals surface area contributed by atoms with Crippen molar-refractivity contribution in [2.75, 3.05) is 18.8 Å². The first-order valence-corrected chi connectivity index (χ1v) is 9.89. The van der Waals surface area contributed by atoms with Gasteiger partial charge in [0.2, 0.25) is 11.8 Å².